The van der Waals surface area contributed by atoms with Crippen molar-refractivity contribution in [1.82, 2.24) is 14.9 Å². The molecule has 0 aliphatic heterocycles. The predicted octanol–water partition coefficient (Wildman–Crippen LogP) is 3.27. The smallest absolute Gasteiger partial charge is 0.138 e. The Bertz CT molecular complexity index is 1070. The zero-order valence-electron chi connectivity index (χ0n) is 18.5. The van der Waals surface area contributed by atoms with Crippen LogP contribution in [0, 0.1) is 28.6 Å². The number of aliphatic hydroxyl groups excluding tert-OH is 1. The minimum absolute atomic E-state index is 0.171. The monoisotopic (exact) mass is 429 g/mol. The summed E-state index contributed by atoms with van der Waals surface area (Å²) in [6, 6.07) is 10.8. The third kappa shape index (κ3) is 4.85. The van der Waals surface area contributed by atoms with Crippen LogP contribution < -0.4 is 11.1 Å². The SMILES string of the molecule is CC(O)c1nccn1CC#C[C@@]1(C2CC(NCC(=N)N)C2)C=CC(c2ccccc2)=CC1. The number of aromatic nitrogens is 2. The second-order valence-electron chi connectivity index (χ2n) is 8.77. The number of imidazole rings is 1. The van der Waals surface area contributed by atoms with Crippen molar-refractivity contribution < 1.29 is 5.11 Å². The first-order valence-corrected chi connectivity index (χ1v) is 11.2. The standard InChI is InChI=1S/C26H31N5O/c1-19(32)25-29-13-15-31(25)14-5-10-26(22-16-23(17-22)30-18-24(27)28)11-8-21(9-12-26)20-6-3-2-4-7-20/h2-4,6-9,11,13,15,19,22-23,30,32H,12,14,16-18H2,1H3,(H3,27,28)/t19?,22?,23?,26-/m1/s1. The number of nitrogens with two attached hydrogens (primary N) is 1. The van der Waals surface area contributed by atoms with Gasteiger partial charge in [-0.05, 0) is 43.2 Å². The Labute approximate surface area is 189 Å². The van der Waals surface area contributed by atoms with Gasteiger partial charge >= 0.3 is 0 Å². The quantitative estimate of drug-likeness (QED) is 0.308. The van der Waals surface area contributed by atoms with Gasteiger partial charge in [0.2, 0.25) is 0 Å². The Morgan fingerprint density at radius 3 is 2.81 bits per heavy atom. The Morgan fingerprint density at radius 2 is 2.16 bits per heavy atom. The van der Waals surface area contributed by atoms with E-state index < -0.39 is 6.10 Å². The summed E-state index contributed by atoms with van der Waals surface area (Å²) in [5, 5.41) is 20.7. The molecule has 1 aromatic carbocycles. The van der Waals surface area contributed by atoms with Gasteiger partial charge in [0.25, 0.3) is 0 Å². The second kappa shape index (κ2) is 9.56. The number of hydrogen-bond acceptors (Lipinski definition) is 4. The van der Waals surface area contributed by atoms with E-state index in [1.807, 2.05) is 16.8 Å². The van der Waals surface area contributed by atoms with Gasteiger partial charge in [-0.25, -0.2) is 4.98 Å². The molecule has 166 valence electrons. The van der Waals surface area contributed by atoms with Crippen LogP contribution in [-0.4, -0.2) is 33.1 Å². The molecule has 0 radical (unpaired) electrons. The Kier molecular flexibility index (Phi) is 6.59. The zero-order valence-corrected chi connectivity index (χ0v) is 18.5. The molecule has 32 heavy (non-hydrogen) atoms. The summed E-state index contributed by atoms with van der Waals surface area (Å²) in [7, 11) is 0. The van der Waals surface area contributed by atoms with E-state index >= 15 is 0 Å². The molecule has 1 fully saturated rings. The molecule has 1 saturated carbocycles. The third-order valence-electron chi connectivity index (χ3n) is 6.47. The summed E-state index contributed by atoms with van der Waals surface area (Å²) in [6.07, 6.45) is 12.7. The highest BCUT2D eigenvalue weighted by Crippen LogP contribution is 2.48. The number of hydrogen-bond donors (Lipinski definition) is 4. The van der Waals surface area contributed by atoms with E-state index in [0.717, 1.165) is 19.3 Å². The zero-order chi connectivity index (χ0) is 22.6. The molecule has 0 spiro atoms. The average Bonchev–Trinajstić information content (AvgIpc) is 3.22. The number of aliphatic hydroxyl groups is 1. The van der Waals surface area contributed by atoms with Crippen molar-refractivity contribution in [3.05, 3.63) is 72.3 Å². The van der Waals surface area contributed by atoms with Crippen molar-refractivity contribution in [3.8, 4) is 11.8 Å². The van der Waals surface area contributed by atoms with Gasteiger partial charge in [-0.3, -0.25) is 5.41 Å². The van der Waals surface area contributed by atoms with E-state index in [4.69, 9.17) is 11.1 Å². The minimum Gasteiger partial charge on any atom is -0.387 e. The summed E-state index contributed by atoms with van der Waals surface area (Å²) in [4.78, 5) is 4.23. The highest BCUT2D eigenvalue weighted by molar-refractivity contribution is 5.79. The first kappa shape index (κ1) is 22.1. The van der Waals surface area contributed by atoms with Gasteiger partial charge in [0.05, 0.1) is 18.5 Å². The Balaban J connectivity index is 1.51. The van der Waals surface area contributed by atoms with Crippen LogP contribution in [0.3, 0.4) is 0 Å². The molecular formula is C26H31N5O. The lowest BCUT2D eigenvalue weighted by molar-refractivity contribution is 0.138. The maximum Gasteiger partial charge on any atom is 0.138 e. The van der Waals surface area contributed by atoms with Gasteiger partial charge in [-0.2, -0.15) is 0 Å². The van der Waals surface area contributed by atoms with Crippen LogP contribution in [0.4, 0.5) is 0 Å². The van der Waals surface area contributed by atoms with Crippen molar-refractivity contribution in [2.45, 2.75) is 44.9 Å². The molecule has 6 nitrogen and oxygen atoms in total. The first-order chi connectivity index (χ1) is 15.5. The van der Waals surface area contributed by atoms with Crippen molar-refractivity contribution >= 4 is 11.4 Å². The van der Waals surface area contributed by atoms with E-state index in [0.29, 0.717) is 30.9 Å². The van der Waals surface area contributed by atoms with Crippen LogP contribution in [-0.2, 0) is 6.54 Å². The van der Waals surface area contributed by atoms with Gasteiger partial charge in [0.1, 0.15) is 17.8 Å². The lowest BCUT2D eigenvalue weighted by Gasteiger charge is -2.46. The molecule has 0 bridgehead atoms. The maximum absolute atomic E-state index is 9.90. The molecule has 2 atom stereocenters. The summed E-state index contributed by atoms with van der Waals surface area (Å²) in [6.45, 7) is 2.66. The number of nitrogens with one attached hydrogen (secondary N) is 2. The van der Waals surface area contributed by atoms with Crippen LogP contribution in [0.15, 0.2) is 61.0 Å². The molecule has 5 N–H and O–H groups in total. The van der Waals surface area contributed by atoms with Crippen LogP contribution in [0.25, 0.3) is 5.57 Å². The summed E-state index contributed by atoms with van der Waals surface area (Å²) in [5.74, 6) is 8.22. The topological polar surface area (TPSA) is 100.0 Å². The highest BCUT2D eigenvalue weighted by Gasteiger charge is 2.43. The van der Waals surface area contributed by atoms with E-state index in [1.165, 1.54) is 11.1 Å². The molecule has 0 saturated heterocycles. The fraction of sp³-hybridized carbons (Fsp3) is 0.385. The summed E-state index contributed by atoms with van der Waals surface area (Å²) >= 11 is 0. The van der Waals surface area contributed by atoms with Crippen molar-refractivity contribution in [1.29, 1.82) is 5.41 Å². The molecule has 2 aliphatic carbocycles. The number of benzene rings is 1. The van der Waals surface area contributed by atoms with Crippen molar-refractivity contribution in [2.75, 3.05) is 6.54 Å². The fourth-order valence-corrected chi connectivity index (χ4v) is 4.57. The van der Waals surface area contributed by atoms with Crippen LogP contribution in [0.1, 0.15) is 43.7 Å². The van der Waals surface area contributed by atoms with Crippen LogP contribution in [0.5, 0.6) is 0 Å². The van der Waals surface area contributed by atoms with Gasteiger partial charge in [0.15, 0.2) is 0 Å². The van der Waals surface area contributed by atoms with Gasteiger partial charge in [-0.15, -0.1) is 0 Å². The number of nitrogens with zero attached hydrogens (tertiary/aromatic N) is 2. The molecule has 2 aromatic rings. The van der Waals surface area contributed by atoms with E-state index in [1.54, 1.807) is 13.1 Å². The maximum atomic E-state index is 9.90. The lowest BCUT2D eigenvalue weighted by Crippen LogP contribution is -2.49. The molecule has 1 unspecified atom stereocenters. The van der Waals surface area contributed by atoms with Gasteiger partial charge in [-0.1, -0.05) is 60.4 Å². The predicted molar refractivity (Wildman–Crippen MR) is 128 cm³/mol. The molecule has 4 rings (SSSR count). The Hall–Kier alpha value is -3.14. The third-order valence-corrected chi connectivity index (χ3v) is 6.47. The van der Waals surface area contributed by atoms with Gasteiger partial charge < -0.3 is 20.7 Å². The fourth-order valence-electron chi connectivity index (χ4n) is 4.57. The average molecular weight is 430 g/mol. The number of allylic oxidation sites excluding steroid dienone is 4. The minimum atomic E-state index is -0.619. The first-order valence-electron chi connectivity index (χ1n) is 11.2. The Morgan fingerprint density at radius 1 is 1.38 bits per heavy atom. The molecule has 2 aliphatic rings. The van der Waals surface area contributed by atoms with E-state index in [-0.39, 0.29) is 11.3 Å². The molecule has 6 heteroatoms. The van der Waals surface area contributed by atoms with Crippen LogP contribution >= 0.6 is 0 Å². The van der Waals surface area contributed by atoms with Crippen molar-refractivity contribution in [2.24, 2.45) is 17.1 Å². The molecule has 1 heterocycles. The second-order valence-corrected chi connectivity index (χ2v) is 8.77. The molecule has 1 aromatic heterocycles. The lowest BCUT2D eigenvalue weighted by atomic mass is 9.60. The van der Waals surface area contributed by atoms with Gasteiger partial charge in [0, 0.05) is 18.4 Å². The molecule has 0 amide bonds. The number of rotatable bonds is 7. The summed E-state index contributed by atoms with van der Waals surface area (Å²) < 4.78 is 1.90. The van der Waals surface area contributed by atoms with Crippen molar-refractivity contribution in [3.63, 3.8) is 0 Å². The van der Waals surface area contributed by atoms with Crippen LogP contribution in [0.2, 0.25) is 0 Å². The summed E-state index contributed by atoms with van der Waals surface area (Å²) in [5.41, 5.74) is 7.74. The van der Waals surface area contributed by atoms with E-state index in [2.05, 4.69) is 64.6 Å². The largest absolute Gasteiger partial charge is 0.387 e. The molecular weight excluding hydrogens is 398 g/mol. The highest BCUT2D eigenvalue weighted by atomic mass is 16.3. The number of amidine groups is 1. The normalized spacial score (nSPS) is 25.2. The van der Waals surface area contributed by atoms with E-state index in [9.17, 15) is 5.11 Å².